The predicted molar refractivity (Wildman–Crippen MR) is 206 cm³/mol. The number of benzene rings is 8. The Morgan fingerprint density at radius 3 is 1.80 bits per heavy atom. The van der Waals surface area contributed by atoms with Crippen LogP contribution in [0.1, 0.15) is 0 Å². The van der Waals surface area contributed by atoms with Crippen LogP contribution in [0.25, 0.3) is 71.3 Å². The highest BCUT2D eigenvalue weighted by Gasteiger charge is 2.18. The summed E-state index contributed by atoms with van der Waals surface area (Å²) in [5.41, 5.74) is 10.9. The van der Waals surface area contributed by atoms with E-state index in [4.69, 9.17) is 4.42 Å². The molecule has 2 heterocycles. The maximum atomic E-state index is 6.49. The molecule has 49 heavy (non-hydrogen) atoms. The molecule has 0 aliphatic heterocycles. The molecule has 0 fully saturated rings. The number of furan rings is 1. The molecule has 8 aromatic carbocycles. The van der Waals surface area contributed by atoms with Gasteiger partial charge in [0.25, 0.3) is 0 Å². The van der Waals surface area contributed by atoms with Gasteiger partial charge in [-0.15, -0.1) is 0 Å². The molecule has 0 unspecified atom stereocenters. The van der Waals surface area contributed by atoms with E-state index in [-0.39, 0.29) is 0 Å². The van der Waals surface area contributed by atoms with Crippen molar-refractivity contribution in [2.45, 2.75) is 0 Å². The molecule has 0 N–H and O–H groups in total. The number of rotatable bonds is 5. The van der Waals surface area contributed by atoms with E-state index in [1.165, 1.54) is 38.3 Å². The first kappa shape index (κ1) is 27.5. The first-order chi connectivity index (χ1) is 24.3. The number of anilines is 3. The van der Waals surface area contributed by atoms with Gasteiger partial charge in [0.2, 0.25) is 0 Å². The maximum Gasteiger partial charge on any atom is 0.143 e. The average Bonchev–Trinajstić information content (AvgIpc) is 3.72. The maximum absolute atomic E-state index is 6.49. The Hall–Kier alpha value is -6.58. The molecule has 3 nitrogen and oxygen atoms in total. The van der Waals surface area contributed by atoms with Gasteiger partial charge in [0.15, 0.2) is 0 Å². The third-order valence-electron chi connectivity index (χ3n) is 9.76. The minimum Gasteiger partial charge on any atom is -0.455 e. The number of nitrogens with zero attached hydrogens (tertiary/aromatic N) is 2. The van der Waals surface area contributed by atoms with Crippen molar-refractivity contribution in [3.63, 3.8) is 0 Å². The zero-order chi connectivity index (χ0) is 32.3. The topological polar surface area (TPSA) is 21.3 Å². The van der Waals surface area contributed by atoms with Crippen molar-refractivity contribution >= 4 is 71.6 Å². The van der Waals surface area contributed by atoms with Crippen molar-refractivity contribution in [3.05, 3.63) is 182 Å². The lowest BCUT2D eigenvalue weighted by atomic mass is 10.0. The third kappa shape index (κ3) is 4.44. The van der Waals surface area contributed by atoms with Crippen LogP contribution in [0, 0.1) is 0 Å². The summed E-state index contributed by atoms with van der Waals surface area (Å²) < 4.78 is 8.86. The van der Waals surface area contributed by atoms with Crippen LogP contribution in [-0.2, 0) is 0 Å². The lowest BCUT2D eigenvalue weighted by Gasteiger charge is -2.26. The van der Waals surface area contributed by atoms with Crippen LogP contribution >= 0.6 is 0 Å². The Kier molecular flexibility index (Phi) is 6.18. The summed E-state index contributed by atoms with van der Waals surface area (Å²) in [7, 11) is 0. The third-order valence-corrected chi connectivity index (χ3v) is 9.76. The van der Waals surface area contributed by atoms with E-state index in [2.05, 4.69) is 191 Å². The SMILES string of the molecule is c1ccc(-c2cccc(N(c3ccc(-n4c5ccccc5c5ccccc54)cc3)c3ccc4oc5c6ccccc6ccc5c4c3)c2)cc1. The second-order valence-corrected chi connectivity index (χ2v) is 12.6. The molecule has 2 aromatic heterocycles. The fourth-order valence-corrected chi connectivity index (χ4v) is 7.49. The van der Waals surface area contributed by atoms with Gasteiger partial charge >= 0.3 is 0 Å². The fourth-order valence-electron chi connectivity index (χ4n) is 7.49. The molecule has 0 saturated carbocycles. The largest absolute Gasteiger partial charge is 0.455 e. The smallest absolute Gasteiger partial charge is 0.143 e. The molecule has 10 aromatic rings. The van der Waals surface area contributed by atoms with Crippen molar-refractivity contribution in [1.82, 2.24) is 4.57 Å². The predicted octanol–water partition coefficient (Wildman–Crippen LogP) is 13.0. The monoisotopic (exact) mass is 626 g/mol. The fraction of sp³-hybridized carbons (Fsp3) is 0. The molecule has 0 saturated heterocycles. The average molecular weight is 627 g/mol. The Bertz CT molecular complexity index is 2770. The van der Waals surface area contributed by atoms with E-state index in [0.29, 0.717) is 0 Å². The number of para-hydroxylation sites is 2. The van der Waals surface area contributed by atoms with Crippen LogP contribution in [0.4, 0.5) is 17.1 Å². The second kappa shape index (κ2) is 11.0. The van der Waals surface area contributed by atoms with Crippen molar-refractivity contribution in [2.24, 2.45) is 0 Å². The standard InChI is InChI=1S/C46H30N2O/c1-2-11-31(12-3-1)33-14-10-15-36(29-33)47(37-26-28-45-42(30-37)41-27-21-32-13-4-5-16-38(32)46(41)49-45)34-22-24-35(25-23-34)48-43-19-8-6-17-39(43)40-18-7-9-20-44(40)48/h1-30H. The molecule has 10 rings (SSSR count). The van der Waals surface area contributed by atoms with Gasteiger partial charge in [0.1, 0.15) is 11.2 Å². The molecule has 0 spiro atoms. The van der Waals surface area contributed by atoms with E-state index < -0.39 is 0 Å². The zero-order valence-corrected chi connectivity index (χ0v) is 26.6. The van der Waals surface area contributed by atoms with Crippen molar-refractivity contribution in [3.8, 4) is 16.8 Å². The van der Waals surface area contributed by atoms with E-state index in [9.17, 15) is 0 Å². The Balaban J connectivity index is 1.16. The van der Waals surface area contributed by atoms with Gasteiger partial charge in [-0.25, -0.2) is 0 Å². The van der Waals surface area contributed by atoms with Crippen molar-refractivity contribution in [1.29, 1.82) is 0 Å². The molecule has 0 radical (unpaired) electrons. The first-order valence-electron chi connectivity index (χ1n) is 16.7. The Labute approximate surface area is 283 Å². The summed E-state index contributed by atoms with van der Waals surface area (Å²) in [4.78, 5) is 2.35. The minimum absolute atomic E-state index is 0.884. The van der Waals surface area contributed by atoms with Crippen LogP contribution in [0.15, 0.2) is 186 Å². The molecule has 0 amide bonds. The Morgan fingerprint density at radius 1 is 0.388 bits per heavy atom. The molecular weight excluding hydrogens is 597 g/mol. The molecule has 3 heteroatoms. The van der Waals surface area contributed by atoms with Crippen LogP contribution in [0.3, 0.4) is 0 Å². The molecule has 0 bridgehead atoms. The van der Waals surface area contributed by atoms with Crippen LogP contribution in [0.5, 0.6) is 0 Å². The lowest BCUT2D eigenvalue weighted by molar-refractivity contribution is 0.672. The minimum atomic E-state index is 0.884. The quantitative estimate of drug-likeness (QED) is 0.190. The molecule has 0 atom stereocenters. The van der Waals surface area contributed by atoms with Gasteiger partial charge in [0, 0.05) is 49.7 Å². The Morgan fingerprint density at radius 2 is 1.02 bits per heavy atom. The molecule has 0 aliphatic rings. The summed E-state index contributed by atoms with van der Waals surface area (Å²) in [5, 5.41) is 7.05. The highest BCUT2D eigenvalue weighted by atomic mass is 16.3. The normalized spacial score (nSPS) is 11.7. The van der Waals surface area contributed by atoms with Crippen LogP contribution in [0.2, 0.25) is 0 Å². The molecule has 230 valence electrons. The summed E-state index contributed by atoms with van der Waals surface area (Å²) >= 11 is 0. The van der Waals surface area contributed by atoms with Crippen LogP contribution in [-0.4, -0.2) is 4.57 Å². The molecule has 0 aliphatic carbocycles. The zero-order valence-electron chi connectivity index (χ0n) is 26.6. The van der Waals surface area contributed by atoms with Gasteiger partial charge in [-0.05, 0) is 89.3 Å². The lowest BCUT2D eigenvalue weighted by Crippen LogP contribution is -2.10. The highest BCUT2D eigenvalue weighted by Crippen LogP contribution is 2.42. The first-order valence-corrected chi connectivity index (χ1v) is 16.7. The van der Waals surface area contributed by atoms with Gasteiger partial charge in [-0.2, -0.15) is 0 Å². The number of fused-ring (bicyclic) bond motifs is 8. The summed E-state index contributed by atoms with van der Waals surface area (Å²) in [6.07, 6.45) is 0. The van der Waals surface area contributed by atoms with Crippen molar-refractivity contribution < 1.29 is 4.42 Å². The number of aromatic nitrogens is 1. The second-order valence-electron chi connectivity index (χ2n) is 12.6. The van der Waals surface area contributed by atoms with Gasteiger partial charge in [0.05, 0.1) is 11.0 Å². The summed E-state index contributed by atoms with van der Waals surface area (Å²) in [6.45, 7) is 0. The number of hydrogen-bond acceptors (Lipinski definition) is 2. The highest BCUT2D eigenvalue weighted by molar-refractivity contribution is 6.15. The molecular formula is C46H30N2O. The number of hydrogen-bond donors (Lipinski definition) is 0. The van der Waals surface area contributed by atoms with E-state index >= 15 is 0 Å². The van der Waals surface area contributed by atoms with Crippen molar-refractivity contribution in [2.75, 3.05) is 4.90 Å². The van der Waals surface area contributed by atoms with E-state index in [1.54, 1.807) is 0 Å². The summed E-state index contributed by atoms with van der Waals surface area (Å²) in [5.74, 6) is 0. The van der Waals surface area contributed by atoms with E-state index in [1.807, 2.05) is 0 Å². The van der Waals surface area contributed by atoms with E-state index in [0.717, 1.165) is 50.1 Å². The van der Waals surface area contributed by atoms with Crippen LogP contribution < -0.4 is 4.90 Å². The van der Waals surface area contributed by atoms with Gasteiger partial charge in [-0.1, -0.05) is 109 Å². The van der Waals surface area contributed by atoms with Gasteiger partial charge in [-0.3, -0.25) is 0 Å². The summed E-state index contributed by atoms with van der Waals surface area (Å²) in [6, 6.07) is 65.0. The van der Waals surface area contributed by atoms with Gasteiger partial charge < -0.3 is 13.9 Å².